The van der Waals surface area contributed by atoms with Gasteiger partial charge in [-0.05, 0) is 53.6 Å². The standard InChI is InChI=1S/C27H24ClN3O3/c28-21-14-12-20(13-15-21)24(19-8-2-1-3-9-19)29-23(32)17-31-25(33)27(30-26(31)34)16-6-10-18-7-4-5-11-22(18)27/h1-5,7-9,11-15,24H,6,10,16-17H2,(H,29,32)(H,30,34)/t24-,27+/m0/s1. The molecule has 1 heterocycles. The molecule has 0 aromatic heterocycles. The van der Waals surface area contributed by atoms with Crippen LogP contribution in [0.15, 0.2) is 78.9 Å². The molecule has 0 saturated carbocycles. The minimum atomic E-state index is -1.10. The Bertz CT molecular complexity index is 1250. The molecule has 0 bridgehead atoms. The minimum Gasteiger partial charge on any atom is -0.344 e. The summed E-state index contributed by atoms with van der Waals surface area (Å²) in [5.74, 6) is -0.795. The van der Waals surface area contributed by atoms with E-state index in [-0.39, 0.29) is 12.5 Å². The number of hydrogen-bond acceptors (Lipinski definition) is 3. The van der Waals surface area contributed by atoms with E-state index in [1.165, 1.54) is 0 Å². The number of hydrogen-bond donors (Lipinski definition) is 2. The van der Waals surface area contributed by atoms with Gasteiger partial charge in [-0.25, -0.2) is 4.79 Å². The molecule has 2 aliphatic rings. The summed E-state index contributed by atoms with van der Waals surface area (Å²) in [5, 5.41) is 6.48. The number of imide groups is 1. The Kier molecular flexibility index (Phi) is 5.84. The highest BCUT2D eigenvalue weighted by molar-refractivity contribution is 6.30. The Balaban J connectivity index is 1.38. The summed E-state index contributed by atoms with van der Waals surface area (Å²) >= 11 is 6.04. The predicted molar refractivity (Wildman–Crippen MR) is 129 cm³/mol. The van der Waals surface area contributed by atoms with Crippen LogP contribution in [0.25, 0.3) is 0 Å². The zero-order chi connectivity index (χ0) is 23.7. The largest absolute Gasteiger partial charge is 0.344 e. The first-order valence-electron chi connectivity index (χ1n) is 11.3. The van der Waals surface area contributed by atoms with Crippen LogP contribution in [-0.2, 0) is 21.5 Å². The van der Waals surface area contributed by atoms with Gasteiger partial charge in [-0.3, -0.25) is 14.5 Å². The summed E-state index contributed by atoms with van der Waals surface area (Å²) in [7, 11) is 0. The molecule has 172 valence electrons. The molecule has 6 nitrogen and oxygen atoms in total. The van der Waals surface area contributed by atoms with Gasteiger partial charge in [0.25, 0.3) is 5.91 Å². The van der Waals surface area contributed by atoms with Gasteiger partial charge in [0.15, 0.2) is 0 Å². The molecule has 4 amide bonds. The first-order valence-corrected chi connectivity index (χ1v) is 11.7. The minimum absolute atomic E-state index is 0.356. The molecular weight excluding hydrogens is 450 g/mol. The molecule has 0 radical (unpaired) electrons. The predicted octanol–water partition coefficient (Wildman–Crippen LogP) is 4.33. The SMILES string of the molecule is O=C(CN1C(=O)N[C@@]2(CCCc3ccccc32)C1=O)N[C@@H](c1ccccc1)c1ccc(Cl)cc1. The van der Waals surface area contributed by atoms with E-state index < -0.39 is 23.5 Å². The average Bonchev–Trinajstić information content (AvgIpc) is 3.08. The summed E-state index contributed by atoms with van der Waals surface area (Å²) in [6.45, 7) is -0.356. The van der Waals surface area contributed by atoms with Crippen molar-refractivity contribution >= 4 is 29.4 Å². The molecule has 1 fully saturated rings. The van der Waals surface area contributed by atoms with Crippen molar-refractivity contribution in [3.05, 3.63) is 106 Å². The highest BCUT2D eigenvalue weighted by Crippen LogP contribution is 2.39. The van der Waals surface area contributed by atoms with Crippen molar-refractivity contribution in [2.75, 3.05) is 6.54 Å². The highest BCUT2D eigenvalue weighted by atomic mass is 35.5. The van der Waals surface area contributed by atoms with Crippen LogP contribution in [0.5, 0.6) is 0 Å². The molecule has 0 unspecified atom stereocenters. The smallest absolute Gasteiger partial charge is 0.325 e. The van der Waals surface area contributed by atoms with Gasteiger partial charge in [0.2, 0.25) is 5.91 Å². The van der Waals surface area contributed by atoms with E-state index in [0.717, 1.165) is 40.0 Å². The highest BCUT2D eigenvalue weighted by Gasteiger charge is 2.54. The molecule has 34 heavy (non-hydrogen) atoms. The van der Waals surface area contributed by atoms with Crippen LogP contribution in [0.3, 0.4) is 0 Å². The Hall–Kier alpha value is -3.64. The Morgan fingerprint density at radius 2 is 1.65 bits per heavy atom. The van der Waals surface area contributed by atoms with Gasteiger partial charge in [0.05, 0.1) is 6.04 Å². The van der Waals surface area contributed by atoms with Crippen LogP contribution in [0, 0.1) is 0 Å². The Morgan fingerprint density at radius 1 is 0.971 bits per heavy atom. The van der Waals surface area contributed by atoms with Gasteiger partial charge in [-0.15, -0.1) is 0 Å². The topological polar surface area (TPSA) is 78.5 Å². The summed E-state index contributed by atoms with van der Waals surface area (Å²) < 4.78 is 0. The zero-order valence-electron chi connectivity index (χ0n) is 18.5. The normalized spacial score (nSPS) is 20.1. The maximum absolute atomic E-state index is 13.5. The maximum Gasteiger partial charge on any atom is 0.325 e. The van der Waals surface area contributed by atoms with E-state index in [1.807, 2.05) is 66.7 Å². The molecule has 5 rings (SSSR count). The van der Waals surface area contributed by atoms with Crippen LogP contribution >= 0.6 is 11.6 Å². The lowest BCUT2D eigenvalue weighted by Crippen LogP contribution is -2.47. The van der Waals surface area contributed by atoms with Crippen molar-refractivity contribution in [1.29, 1.82) is 0 Å². The number of carbonyl (C=O) groups is 3. The number of halogens is 1. The first kappa shape index (κ1) is 22.2. The van der Waals surface area contributed by atoms with Crippen LogP contribution in [-0.4, -0.2) is 29.3 Å². The molecule has 7 heteroatoms. The second-order valence-electron chi connectivity index (χ2n) is 8.70. The number of nitrogens with zero attached hydrogens (tertiary/aromatic N) is 1. The van der Waals surface area contributed by atoms with Crippen molar-refractivity contribution in [2.45, 2.75) is 30.8 Å². The number of nitrogens with one attached hydrogen (secondary N) is 2. The summed E-state index contributed by atoms with van der Waals surface area (Å²) in [6.07, 6.45) is 2.17. The molecule has 3 aromatic carbocycles. The number of carbonyl (C=O) groups excluding carboxylic acids is 3. The average molecular weight is 474 g/mol. The van der Waals surface area contributed by atoms with Crippen molar-refractivity contribution in [2.24, 2.45) is 0 Å². The molecule has 1 aliphatic heterocycles. The van der Waals surface area contributed by atoms with E-state index in [0.29, 0.717) is 11.4 Å². The molecular formula is C27H24ClN3O3. The zero-order valence-corrected chi connectivity index (χ0v) is 19.2. The number of fused-ring (bicyclic) bond motifs is 2. The van der Waals surface area contributed by atoms with E-state index in [1.54, 1.807) is 12.1 Å². The molecule has 1 aliphatic carbocycles. The van der Waals surface area contributed by atoms with Crippen LogP contribution in [0.4, 0.5) is 4.79 Å². The molecule has 1 saturated heterocycles. The molecule has 2 atom stereocenters. The van der Waals surface area contributed by atoms with Crippen molar-refractivity contribution in [3.63, 3.8) is 0 Å². The van der Waals surface area contributed by atoms with Gasteiger partial charge < -0.3 is 10.6 Å². The quantitative estimate of drug-likeness (QED) is 0.541. The lowest BCUT2D eigenvalue weighted by Gasteiger charge is -2.33. The second-order valence-corrected chi connectivity index (χ2v) is 9.14. The Labute approximate surface area is 202 Å². The van der Waals surface area contributed by atoms with Gasteiger partial charge >= 0.3 is 6.03 Å². The molecule has 3 aromatic rings. The maximum atomic E-state index is 13.5. The molecule has 2 N–H and O–H groups in total. The summed E-state index contributed by atoms with van der Waals surface area (Å²) in [6, 6.07) is 23.5. The fourth-order valence-electron chi connectivity index (χ4n) is 4.97. The fraction of sp³-hybridized carbons (Fsp3) is 0.222. The van der Waals surface area contributed by atoms with Gasteiger partial charge in [0, 0.05) is 5.02 Å². The van der Waals surface area contributed by atoms with E-state index >= 15 is 0 Å². The first-order chi connectivity index (χ1) is 16.5. The Morgan fingerprint density at radius 3 is 2.41 bits per heavy atom. The van der Waals surface area contributed by atoms with Crippen molar-refractivity contribution in [1.82, 2.24) is 15.5 Å². The van der Waals surface area contributed by atoms with Crippen molar-refractivity contribution in [3.8, 4) is 0 Å². The van der Waals surface area contributed by atoms with Crippen LogP contribution in [0.2, 0.25) is 5.02 Å². The molecule has 1 spiro atoms. The number of rotatable bonds is 5. The lowest BCUT2D eigenvalue weighted by molar-refractivity contribution is -0.135. The summed E-state index contributed by atoms with van der Waals surface area (Å²) in [5.41, 5.74) is 2.51. The lowest BCUT2D eigenvalue weighted by atomic mass is 9.76. The van der Waals surface area contributed by atoms with E-state index in [9.17, 15) is 14.4 Å². The van der Waals surface area contributed by atoms with E-state index in [2.05, 4.69) is 10.6 Å². The number of aryl methyl sites for hydroxylation is 1. The second kappa shape index (κ2) is 8.95. The third-order valence-corrected chi connectivity index (χ3v) is 6.85. The number of urea groups is 1. The van der Waals surface area contributed by atoms with Gasteiger partial charge in [-0.1, -0.05) is 78.3 Å². The van der Waals surface area contributed by atoms with E-state index in [4.69, 9.17) is 11.6 Å². The van der Waals surface area contributed by atoms with Gasteiger partial charge in [-0.2, -0.15) is 0 Å². The summed E-state index contributed by atoms with van der Waals surface area (Å²) in [4.78, 5) is 40.5. The van der Waals surface area contributed by atoms with Crippen molar-refractivity contribution < 1.29 is 14.4 Å². The van der Waals surface area contributed by atoms with Crippen LogP contribution in [0.1, 0.15) is 41.1 Å². The number of amides is 4. The fourth-order valence-corrected chi connectivity index (χ4v) is 5.09. The van der Waals surface area contributed by atoms with Gasteiger partial charge in [0.1, 0.15) is 12.1 Å². The third kappa shape index (κ3) is 3.94. The van der Waals surface area contributed by atoms with Crippen LogP contribution < -0.4 is 10.6 Å². The third-order valence-electron chi connectivity index (χ3n) is 6.59. The number of benzene rings is 3. The monoisotopic (exact) mass is 473 g/mol.